The molecule has 1 aliphatic heterocycles. The molecule has 150 valence electrons. The summed E-state index contributed by atoms with van der Waals surface area (Å²) in [5.74, 6) is 1.97. The maximum absolute atomic E-state index is 6.29. The Labute approximate surface area is 176 Å². The molecule has 28 heavy (non-hydrogen) atoms. The van der Waals surface area contributed by atoms with Gasteiger partial charge in [0.05, 0.1) is 4.90 Å². The van der Waals surface area contributed by atoms with Gasteiger partial charge >= 0.3 is 0 Å². The van der Waals surface area contributed by atoms with Crippen molar-refractivity contribution in [2.24, 2.45) is 0 Å². The lowest BCUT2D eigenvalue weighted by molar-refractivity contribution is 0.145. The summed E-state index contributed by atoms with van der Waals surface area (Å²) in [5, 5.41) is 0. The van der Waals surface area contributed by atoms with Crippen molar-refractivity contribution in [3.8, 4) is 11.5 Å². The topological polar surface area (TPSA) is 18.5 Å². The van der Waals surface area contributed by atoms with Crippen molar-refractivity contribution in [2.45, 2.75) is 75.4 Å². The Kier molecular flexibility index (Phi) is 5.75. The van der Waals surface area contributed by atoms with Crippen LogP contribution in [0.5, 0.6) is 11.5 Å². The summed E-state index contributed by atoms with van der Waals surface area (Å²) in [6, 6.07) is 13.1. The summed E-state index contributed by atoms with van der Waals surface area (Å²) in [7, 11) is -1.19. The highest BCUT2D eigenvalue weighted by atomic mass is 32.2. The Morgan fingerprint density at radius 1 is 1.04 bits per heavy atom. The van der Waals surface area contributed by atoms with E-state index in [9.17, 15) is 0 Å². The summed E-state index contributed by atoms with van der Waals surface area (Å²) in [6.45, 7) is 17.5. The van der Waals surface area contributed by atoms with E-state index >= 15 is 0 Å². The van der Waals surface area contributed by atoms with Crippen LogP contribution in [0.15, 0.2) is 51.8 Å². The molecule has 0 aromatic heterocycles. The van der Waals surface area contributed by atoms with Crippen molar-refractivity contribution in [2.75, 3.05) is 0 Å². The lowest BCUT2D eigenvalue weighted by Crippen LogP contribution is -2.31. The number of hydrogen-bond donors (Lipinski definition) is 0. The zero-order valence-corrected chi connectivity index (χ0v) is 20.3. The van der Waals surface area contributed by atoms with Gasteiger partial charge in [0.2, 0.25) is 9.04 Å². The van der Waals surface area contributed by atoms with E-state index in [4.69, 9.17) is 9.16 Å². The standard InChI is InChI=1S/C24H32O2SSi/c1-16-13-17-14-19(10-11-20(17)25-24(16,5)6)27-22-12-9-18(23(2,3)4)15-21(22)26-28(7)8/h9-15,28H,1-8H3. The van der Waals surface area contributed by atoms with Crippen molar-refractivity contribution in [3.05, 3.63) is 53.1 Å². The molecule has 1 aliphatic rings. The van der Waals surface area contributed by atoms with Crippen LogP contribution in [-0.2, 0) is 5.41 Å². The van der Waals surface area contributed by atoms with Crippen molar-refractivity contribution in [3.63, 3.8) is 0 Å². The second-order valence-electron chi connectivity index (χ2n) is 9.32. The first kappa shape index (κ1) is 21.1. The summed E-state index contributed by atoms with van der Waals surface area (Å²) < 4.78 is 12.5. The van der Waals surface area contributed by atoms with E-state index in [2.05, 4.69) is 97.1 Å². The Hall–Kier alpha value is -1.65. The van der Waals surface area contributed by atoms with Gasteiger partial charge in [-0.05, 0) is 86.8 Å². The first-order valence-corrected chi connectivity index (χ1v) is 13.6. The molecule has 4 heteroatoms. The van der Waals surface area contributed by atoms with Gasteiger partial charge in [-0.3, -0.25) is 0 Å². The van der Waals surface area contributed by atoms with Crippen molar-refractivity contribution in [1.29, 1.82) is 0 Å². The maximum Gasteiger partial charge on any atom is 0.229 e. The monoisotopic (exact) mass is 412 g/mol. The minimum Gasteiger partial charge on any atom is -0.546 e. The normalized spacial score (nSPS) is 15.7. The number of hydrogen-bond acceptors (Lipinski definition) is 3. The van der Waals surface area contributed by atoms with Crippen LogP contribution >= 0.6 is 11.8 Å². The average Bonchev–Trinajstić information content (AvgIpc) is 2.56. The predicted octanol–water partition coefficient (Wildman–Crippen LogP) is 7.07. The molecule has 0 radical (unpaired) electrons. The maximum atomic E-state index is 6.29. The molecule has 0 spiro atoms. The number of ether oxygens (including phenoxy) is 1. The molecule has 2 aromatic carbocycles. The number of rotatable bonds is 4. The van der Waals surface area contributed by atoms with E-state index in [1.807, 2.05) is 0 Å². The van der Waals surface area contributed by atoms with Crippen LogP contribution in [0, 0.1) is 0 Å². The molecule has 2 aromatic rings. The fourth-order valence-electron chi connectivity index (χ4n) is 3.09. The highest BCUT2D eigenvalue weighted by Gasteiger charge is 2.27. The van der Waals surface area contributed by atoms with Gasteiger partial charge in [-0.25, -0.2) is 0 Å². The lowest BCUT2D eigenvalue weighted by atomic mass is 9.87. The zero-order valence-electron chi connectivity index (χ0n) is 18.3. The third-order valence-electron chi connectivity index (χ3n) is 5.07. The van der Waals surface area contributed by atoms with E-state index in [1.54, 1.807) is 11.8 Å². The highest BCUT2D eigenvalue weighted by Crippen LogP contribution is 2.42. The van der Waals surface area contributed by atoms with Crippen LogP contribution in [0.3, 0.4) is 0 Å². The molecule has 0 unspecified atom stereocenters. The van der Waals surface area contributed by atoms with Crippen molar-refractivity contribution in [1.82, 2.24) is 0 Å². The van der Waals surface area contributed by atoms with Gasteiger partial charge in [0.1, 0.15) is 17.1 Å². The fourth-order valence-corrected chi connectivity index (χ4v) is 4.80. The molecule has 0 amide bonds. The lowest BCUT2D eigenvalue weighted by Gasteiger charge is -2.32. The molecule has 0 N–H and O–H groups in total. The fraction of sp³-hybridized carbons (Fsp3) is 0.417. The van der Waals surface area contributed by atoms with E-state index in [-0.39, 0.29) is 11.0 Å². The molecule has 0 saturated heterocycles. The second kappa shape index (κ2) is 7.64. The van der Waals surface area contributed by atoms with Crippen LogP contribution in [0.25, 0.3) is 6.08 Å². The van der Waals surface area contributed by atoms with Gasteiger partial charge < -0.3 is 9.16 Å². The SMILES string of the molecule is CC1=Cc2cc(Sc3ccc(C(C)(C)C)cc3O[SiH](C)C)ccc2OC1(C)C. The molecule has 1 heterocycles. The quantitative estimate of drug-likeness (QED) is 0.500. The highest BCUT2D eigenvalue weighted by molar-refractivity contribution is 7.99. The van der Waals surface area contributed by atoms with Gasteiger partial charge in [-0.1, -0.05) is 38.6 Å². The van der Waals surface area contributed by atoms with Crippen LogP contribution in [0.1, 0.15) is 52.7 Å². The molecule has 2 nitrogen and oxygen atoms in total. The largest absolute Gasteiger partial charge is 0.546 e. The zero-order chi connectivity index (χ0) is 20.7. The van der Waals surface area contributed by atoms with Crippen molar-refractivity contribution < 1.29 is 9.16 Å². The molecule has 0 aliphatic carbocycles. The smallest absolute Gasteiger partial charge is 0.229 e. The summed E-state index contributed by atoms with van der Waals surface area (Å²) in [6.07, 6.45) is 2.24. The van der Waals surface area contributed by atoms with Gasteiger partial charge in [0, 0.05) is 10.5 Å². The number of benzene rings is 2. The Balaban J connectivity index is 1.94. The first-order valence-electron chi connectivity index (χ1n) is 9.96. The Morgan fingerprint density at radius 2 is 1.75 bits per heavy atom. The van der Waals surface area contributed by atoms with E-state index in [0.717, 1.165) is 17.1 Å². The molecular formula is C24H32O2SSi. The third kappa shape index (κ3) is 4.66. The van der Waals surface area contributed by atoms with E-state index in [0.29, 0.717) is 0 Å². The first-order chi connectivity index (χ1) is 13.0. The molecule has 0 fully saturated rings. The Bertz CT molecular complexity index is 907. The van der Waals surface area contributed by atoms with Crippen LogP contribution < -0.4 is 9.16 Å². The molecule has 3 rings (SSSR count). The minimum absolute atomic E-state index is 0.109. The average molecular weight is 413 g/mol. The summed E-state index contributed by atoms with van der Waals surface area (Å²) >= 11 is 1.76. The van der Waals surface area contributed by atoms with Crippen LogP contribution in [0.4, 0.5) is 0 Å². The summed E-state index contributed by atoms with van der Waals surface area (Å²) in [5.41, 5.74) is 3.56. The van der Waals surface area contributed by atoms with Gasteiger partial charge in [0.15, 0.2) is 0 Å². The molecule has 0 saturated carbocycles. The molecular weight excluding hydrogens is 380 g/mol. The van der Waals surface area contributed by atoms with Crippen LogP contribution in [0.2, 0.25) is 13.1 Å². The number of fused-ring (bicyclic) bond motifs is 1. The second-order valence-corrected chi connectivity index (χ2v) is 12.8. The van der Waals surface area contributed by atoms with Gasteiger partial charge in [0.25, 0.3) is 0 Å². The minimum atomic E-state index is -1.19. The predicted molar refractivity (Wildman–Crippen MR) is 124 cm³/mol. The molecule has 0 bridgehead atoms. The summed E-state index contributed by atoms with van der Waals surface area (Å²) in [4.78, 5) is 2.37. The van der Waals surface area contributed by atoms with E-state index < -0.39 is 9.04 Å². The van der Waals surface area contributed by atoms with Gasteiger partial charge in [-0.2, -0.15) is 0 Å². The Morgan fingerprint density at radius 3 is 2.39 bits per heavy atom. The van der Waals surface area contributed by atoms with Crippen LogP contribution in [-0.4, -0.2) is 14.6 Å². The van der Waals surface area contributed by atoms with Gasteiger partial charge in [-0.15, -0.1) is 0 Å². The van der Waals surface area contributed by atoms with Crippen molar-refractivity contribution >= 4 is 26.9 Å². The van der Waals surface area contributed by atoms with E-state index in [1.165, 1.54) is 20.9 Å². The third-order valence-corrected chi connectivity index (χ3v) is 6.84. The molecule has 0 atom stereocenters.